The van der Waals surface area contributed by atoms with Gasteiger partial charge in [0.2, 0.25) is 10.0 Å². The van der Waals surface area contributed by atoms with Gasteiger partial charge in [-0.25, -0.2) is 13.1 Å². The van der Waals surface area contributed by atoms with Gasteiger partial charge < -0.3 is 4.90 Å². The van der Waals surface area contributed by atoms with Crippen LogP contribution in [-0.2, 0) is 23.1 Å². The number of benzene rings is 2. The summed E-state index contributed by atoms with van der Waals surface area (Å²) in [7, 11) is -3.75. The first-order chi connectivity index (χ1) is 15.9. The Morgan fingerprint density at radius 3 is 2.33 bits per heavy atom. The Morgan fingerprint density at radius 1 is 0.939 bits per heavy atom. The summed E-state index contributed by atoms with van der Waals surface area (Å²) in [5.74, 6) is -0.141. The Balaban J connectivity index is 1.41. The number of rotatable bonds is 7. The van der Waals surface area contributed by atoms with E-state index in [1.165, 1.54) is 11.6 Å². The zero-order valence-electron chi connectivity index (χ0n) is 18.6. The van der Waals surface area contributed by atoms with E-state index in [4.69, 9.17) is 0 Å². The van der Waals surface area contributed by atoms with Gasteiger partial charge >= 0.3 is 0 Å². The fourth-order valence-corrected chi connectivity index (χ4v) is 5.20. The van der Waals surface area contributed by atoms with Crippen LogP contribution in [0.1, 0.15) is 27.0 Å². The maximum Gasteiger partial charge on any atom is 0.253 e. The summed E-state index contributed by atoms with van der Waals surface area (Å²) in [4.78, 5) is 21.4. The second-order valence-corrected chi connectivity index (χ2v) is 9.95. The van der Waals surface area contributed by atoms with Crippen molar-refractivity contribution >= 4 is 15.9 Å². The van der Waals surface area contributed by atoms with Crippen LogP contribution in [0.5, 0.6) is 0 Å². The molecule has 1 aliphatic rings. The van der Waals surface area contributed by atoms with Crippen molar-refractivity contribution in [3.63, 3.8) is 0 Å². The molecule has 1 aromatic heterocycles. The highest BCUT2D eigenvalue weighted by Crippen LogP contribution is 2.20. The number of nitrogens with one attached hydrogen (secondary N) is 1. The number of hydrogen-bond acceptors (Lipinski definition) is 5. The number of aromatic nitrogens is 1. The summed E-state index contributed by atoms with van der Waals surface area (Å²) in [6.45, 7) is 5.50. The molecule has 2 heterocycles. The van der Waals surface area contributed by atoms with E-state index in [1.807, 2.05) is 42.5 Å². The average Bonchev–Trinajstić information content (AvgIpc) is 2.84. The normalized spacial score (nSPS) is 14.9. The van der Waals surface area contributed by atoms with Crippen molar-refractivity contribution in [3.8, 4) is 0 Å². The van der Waals surface area contributed by atoms with Crippen molar-refractivity contribution in [2.45, 2.75) is 24.9 Å². The lowest BCUT2D eigenvalue weighted by molar-refractivity contribution is 0.0628. The third-order valence-corrected chi connectivity index (χ3v) is 7.39. The Bertz CT molecular complexity index is 1190. The summed E-state index contributed by atoms with van der Waals surface area (Å²) in [5.41, 5.74) is 3.06. The maximum atomic E-state index is 13.1. The molecule has 0 atom stereocenters. The van der Waals surface area contributed by atoms with Gasteiger partial charge in [-0.2, -0.15) is 0 Å². The van der Waals surface area contributed by atoms with Crippen LogP contribution in [0.15, 0.2) is 78.0 Å². The number of nitrogens with zero attached hydrogens (tertiary/aromatic N) is 3. The molecule has 1 aliphatic heterocycles. The van der Waals surface area contributed by atoms with Crippen LogP contribution in [0.4, 0.5) is 0 Å². The monoisotopic (exact) mass is 464 g/mol. The second kappa shape index (κ2) is 10.2. The van der Waals surface area contributed by atoms with Crippen molar-refractivity contribution in [3.05, 3.63) is 95.3 Å². The van der Waals surface area contributed by atoms with Crippen LogP contribution < -0.4 is 4.72 Å². The van der Waals surface area contributed by atoms with Gasteiger partial charge in [0, 0.05) is 57.2 Å². The molecule has 8 heteroatoms. The van der Waals surface area contributed by atoms with Crippen LogP contribution in [-0.4, -0.2) is 55.3 Å². The van der Waals surface area contributed by atoms with Crippen molar-refractivity contribution in [1.82, 2.24) is 19.5 Å². The minimum atomic E-state index is -3.75. The molecule has 0 aliphatic carbocycles. The van der Waals surface area contributed by atoms with Gasteiger partial charge in [0.15, 0.2) is 0 Å². The minimum Gasteiger partial charge on any atom is -0.336 e. The smallest absolute Gasteiger partial charge is 0.253 e. The highest BCUT2D eigenvalue weighted by molar-refractivity contribution is 7.89. The van der Waals surface area contributed by atoms with E-state index < -0.39 is 10.0 Å². The summed E-state index contributed by atoms with van der Waals surface area (Å²) < 4.78 is 28.5. The molecule has 3 aromatic rings. The molecular formula is C25H28N4O3S. The van der Waals surface area contributed by atoms with Gasteiger partial charge in [-0.1, -0.05) is 36.4 Å². The van der Waals surface area contributed by atoms with E-state index >= 15 is 0 Å². The number of pyridine rings is 1. The van der Waals surface area contributed by atoms with E-state index in [1.54, 1.807) is 36.4 Å². The van der Waals surface area contributed by atoms with Gasteiger partial charge in [0.25, 0.3) is 5.91 Å². The van der Waals surface area contributed by atoms with E-state index in [0.29, 0.717) is 24.2 Å². The lowest BCUT2D eigenvalue weighted by Crippen LogP contribution is -2.48. The molecule has 1 fully saturated rings. The van der Waals surface area contributed by atoms with Crippen molar-refractivity contribution in [2.75, 3.05) is 26.2 Å². The molecule has 172 valence electrons. The molecule has 1 N–H and O–H groups in total. The van der Waals surface area contributed by atoms with E-state index in [2.05, 4.69) is 14.6 Å². The van der Waals surface area contributed by atoms with Gasteiger partial charge in [-0.15, -0.1) is 0 Å². The predicted octanol–water partition coefficient (Wildman–Crippen LogP) is 2.83. The number of hydrogen-bond donors (Lipinski definition) is 1. The highest BCUT2D eigenvalue weighted by Gasteiger charge is 2.24. The number of piperazine rings is 1. The van der Waals surface area contributed by atoms with Gasteiger partial charge in [-0.05, 0) is 47.9 Å². The van der Waals surface area contributed by atoms with Crippen molar-refractivity contribution in [2.24, 2.45) is 0 Å². The molecular weight excluding hydrogens is 436 g/mol. The van der Waals surface area contributed by atoms with Crippen LogP contribution in [0.2, 0.25) is 0 Å². The lowest BCUT2D eigenvalue weighted by Gasteiger charge is -2.34. The van der Waals surface area contributed by atoms with Gasteiger partial charge in [-0.3, -0.25) is 14.7 Å². The number of carbonyl (C=O) groups excluding carboxylic acids is 1. The third-order valence-electron chi connectivity index (χ3n) is 5.85. The highest BCUT2D eigenvalue weighted by atomic mass is 32.2. The first-order valence-electron chi connectivity index (χ1n) is 11.0. The molecule has 4 rings (SSSR count). The van der Waals surface area contributed by atoms with Crippen molar-refractivity contribution < 1.29 is 13.2 Å². The summed E-state index contributed by atoms with van der Waals surface area (Å²) in [6.07, 6.45) is 3.57. The Morgan fingerprint density at radius 2 is 1.64 bits per heavy atom. The number of amides is 1. The van der Waals surface area contributed by atoms with E-state index in [-0.39, 0.29) is 17.3 Å². The topological polar surface area (TPSA) is 82.6 Å². The molecule has 1 saturated heterocycles. The molecule has 0 unspecified atom stereocenters. The molecule has 2 aromatic carbocycles. The zero-order chi connectivity index (χ0) is 23.3. The Hall–Kier alpha value is -3.07. The summed E-state index contributed by atoms with van der Waals surface area (Å²) in [6, 6.07) is 18.2. The number of carbonyl (C=O) groups is 1. The van der Waals surface area contributed by atoms with Crippen LogP contribution in [0.25, 0.3) is 0 Å². The quantitative estimate of drug-likeness (QED) is 0.581. The predicted molar refractivity (Wildman–Crippen MR) is 127 cm³/mol. The average molecular weight is 465 g/mol. The van der Waals surface area contributed by atoms with E-state index in [9.17, 15) is 13.2 Å². The molecule has 0 bridgehead atoms. The molecule has 0 saturated carbocycles. The van der Waals surface area contributed by atoms with Crippen LogP contribution in [0.3, 0.4) is 0 Å². The fourth-order valence-electron chi connectivity index (χ4n) is 3.91. The minimum absolute atomic E-state index is 0.139. The first kappa shape index (κ1) is 23.1. The first-order valence-corrected chi connectivity index (χ1v) is 12.5. The lowest BCUT2D eigenvalue weighted by atomic mass is 10.1. The largest absolute Gasteiger partial charge is 0.336 e. The number of sulfonamides is 1. The van der Waals surface area contributed by atoms with E-state index in [0.717, 1.165) is 25.2 Å². The van der Waals surface area contributed by atoms with Crippen LogP contribution in [0, 0.1) is 6.92 Å². The maximum absolute atomic E-state index is 13.1. The number of aryl methyl sites for hydroxylation is 1. The van der Waals surface area contributed by atoms with Crippen molar-refractivity contribution in [1.29, 1.82) is 0 Å². The summed E-state index contributed by atoms with van der Waals surface area (Å²) >= 11 is 0. The molecule has 1 amide bonds. The molecule has 0 spiro atoms. The fraction of sp³-hybridized carbons (Fsp3) is 0.280. The standard InChI is InChI=1S/C25H28N4O3S/c1-20-7-8-23(17-24(20)33(31,32)27-18-21-5-3-2-4-6-21)25(30)29-15-13-28(14-16-29)19-22-9-11-26-12-10-22/h2-12,17,27H,13-16,18-19H2,1H3. The third kappa shape index (κ3) is 5.84. The zero-order valence-corrected chi connectivity index (χ0v) is 19.5. The SMILES string of the molecule is Cc1ccc(C(=O)N2CCN(Cc3ccncc3)CC2)cc1S(=O)(=O)NCc1ccccc1. The second-order valence-electron chi connectivity index (χ2n) is 8.21. The van der Waals surface area contributed by atoms with Gasteiger partial charge in [0.05, 0.1) is 4.90 Å². The Kier molecular flexibility index (Phi) is 7.17. The molecule has 33 heavy (non-hydrogen) atoms. The Labute approximate surface area is 195 Å². The molecule has 7 nitrogen and oxygen atoms in total. The van der Waals surface area contributed by atoms with Crippen LogP contribution >= 0.6 is 0 Å². The summed E-state index contributed by atoms with van der Waals surface area (Å²) in [5, 5.41) is 0. The molecule has 0 radical (unpaired) electrons. The van der Waals surface area contributed by atoms with Gasteiger partial charge in [0.1, 0.15) is 0 Å².